The summed E-state index contributed by atoms with van der Waals surface area (Å²) in [5.74, 6) is -0.0860. The molecule has 0 fully saturated rings. The second kappa shape index (κ2) is 8.78. The van der Waals surface area contributed by atoms with Gasteiger partial charge in [0.15, 0.2) is 0 Å². The maximum absolute atomic E-state index is 13.0. The summed E-state index contributed by atoms with van der Waals surface area (Å²) in [7, 11) is -3.64. The molecule has 0 aromatic heterocycles. The van der Waals surface area contributed by atoms with Crippen molar-refractivity contribution in [3.8, 4) is 0 Å². The quantitative estimate of drug-likeness (QED) is 0.725. The lowest BCUT2D eigenvalue weighted by molar-refractivity contribution is -0.118. The lowest BCUT2D eigenvalue weighted by Gasteiger charge is -2.19. The molecule has 0 unspecified atom stereocenters. The summed E-state index contributed by atoms with van der Waals surface area (Å²) in [6, 6.07) is 13.7. The zero-order valence-electron chi connectivity index (χ0n) is 17.0. The van der Waals surface area contributed by atoms with Gasteiger partial charge in [-0.25, -0.2) is 8.42 Å². The highest BCUT2D eigenvalue weighted by Gasteiger charge is 2.33. The second-order valence-corrected chi connectivity index (χ2v) is 9.00. The minimum absolute atomic E-state index is 0.0564. The average Bonchev–Trinajstić information content (AvgIpc) is 2.97. The Bertz CT molecular complexity index is 1010. The van der Waals surface area contributed by atoms with E-state index in [1.807, 2.05) is 38.1 Å². The monoisotopic (exact) mass is 413 g/mol. The molecular weight excluding hydrogens is 386 g/mol. The number of nitrogens with one attached hydrogen (secondary N) is 2. The third kappa shape index (κ3) is 4.67. The lowest BCUT2D eigenvalue weighted by Crippen LogP contribution is -2.34. The number of rotatable bonds is 7. The topological polar surface area (TPSA) is 87.6 Å². The van der Waals surface area contributed by atoms with Crippen molar-refractivity contribution >= 4 is 27.5 Å². The maximum Gasteiger partial charge on any atom is 0.263 e. The number of benzene rings is 2. The van der Waals surface area contributed by atoms with Gasteiger partial charge in [0, 0.05) is 11.3 Å². The molecule has 1 aliphatic rings. The fourth-order valence-corrected chi connectivity index (χ4v) is 4.54. The van der Waals surface area contributed by atoms with Crippen LogP contribution in [0.5, 0.6) is 0 Å². The Balaban J connectivity index is 1.87. The first-order valence-electron chi connectivity index (χ1n) is 9.95. The van der Waals surface area contributed by atoms with Crippen LogP contribution >= 0.6 is 0 Å². The van der Waals surface area contributed by atoms with E-state index in [2.05, 4.69) is 22.0 Å². The predicted molar refractivity (Wildman–Crippen MR) is 116 cm³/mol. The third-order valence-electron chi connectivity index (χ3n) is 5.14. The number of aryl methyl sites for hydroxylation is 1. The average molecular weight is 414 g/mol. The molecule has 29 heavy (non-hydrogen) atoms. The van der Waals surface area contributed by atoms with Gasteiger partial charge in [0.05, 0.1) is 4.90 Å². The maximum atomic E-state index is 13.0. The van der Waals surface area contributed by atoms with Crippen molar-refractivity contribution in [3.63, 3.8) is 0 Å². The van der Waals surface area contributed by atoms with E-state index in [4.69, 9.17) is 0 Å². The molecule has 2 N–H and O–H groups in total. The molecule has 7 heteroatoms. The van der Waals surface area contributed by atoms with Crippen LogP contribution in [0.3, 0.4) is 0 Å². The number of sulfonamides is 1. The largest absolute Gasteiger partial charge is 0.324 e. The zero-order chi connectivity index (χ0) is 21.0. The van der Waals surface area contributed by atoms with Crippen LogP contribution < -0.4 is 10.0 Å². The standard InChI is InChI=1S/C22H27N3O3S/c1-4-8-16-11-13-17(14-12-16)23-22(26)20(15(3)5-2)24-21-18-9-6-7-10-19(18)29(27,28)25-21/h6-7,9-15,20H,4-5,8H2,1-3H3,(H,23,26)(H,24,25)/t15-,20-/m0/s1. The molecule has 2 aromatic rings. The van der Waals surface area contributed by atoms with Crippen molar-refractivity contribution in [2.24, 2.45) is 10.9 Å². The first-order chi connectivity index (χ1) is 13.9. The zero-order valence-corrected chi connectivity index (χ0v) is 17.8. The van der Waals surface area contributed by atoms with Crippen LogP contribution in [-0.4, -0.2) is 26.2 Å². The highest BCUT2D eigenvalue weighted by atomic mass is 32.2. The number of amidine groups is 1. The molecule has 0 bridgehead atoms. The molecule has 154 valence electrons. The Labute approximate surface area is 172 Å². The van der Waals surface area contributed by atoms with Gasteiger partial charge in [0.25, 0.3) is 10.0 Å². The molecule has 2 aromatic carbocycles. The summed E-state index contributed by atoms with van der Waals surface area (Å²) >= 11 is 0. The molecule has 1 aliphatic heterocycles. The fraction of sp³-hybridized carbons (Fsp3) is 0.364. The van der Waals surface area contributed by atoms with E-state index >= 15 is 0 Å². The Kier molecular flexibility index (Phi) is 6.37. The highest BCUT2D eigenvalue weighted by Crippen LogP contribution is 2.24. The van der Waals surface area contributed by atoms with Crippen LogP contribution in [0.15, 0.2) is 58.4 Å². The van der Waals surface area contributed by atoms with E-state index in [0.29, 0.717) is 11.3 Å². The van der Waals surface area contributed by atoms with Crippen LogP contribution in [0, 0.1) is 5.92 Å². The number of amides is 1. The number of nitrogens with zero attached hydrogens (tertiary/aromatic N) is 1. The number of carbonyl (C=O) groups excluding carboxylic acids is 1. The SMILES string of the molecule is CCCc1ccc(NC(=O)[C@@H](N=C2NS(=O)(=O)c3ccccc32)[C@@H](C)CC)cc1. The van der Waals surface area contributed by atoms with E-state index < -0.39 is 16.1 Å². The highest BCUT2D eigenvalue weighted by molar-refractivity contribution is 7.90. The molecule has 6 nitrogen and oxygen atoms in total. The van der Waals surface area contributed by atoms with Gasteiger partial charge < -0.3 is 5.32 Å². The number of carbonyl (C=O) groups is 1. The summed E-state index contributed by atoms with van der Waals surface area (Å²) in [4.78, 5) is 17.7. The van der Waals surface area contributed by atoms with Crippen LogP contribution in [0.2, 0.25) is 0 Å². The molecule has 1 heterocycles. The number of aliphatic imine (C=N–C) groups is 1. The van der Waals surface area contributed by atoms with Gasteiger partial charge in [0.2, 0.25) is 5.91 Å². The Morgan fingerprint density at radius 1 is 1.10 bits per heavy atom. The smallest absolute Gasteiger partial charge is 0.263 e. The second-order valence-electron chi connectivity index (χ2n) is 7.35. The van der Waals surface area contributed by atoms with Crippen molar-refractivity contribution in [1.29, 1.82) is 0 Å². The minimum Gasteiger partial charge on any atom is -0.324 e. The van der Waals surface area contributed by atoms with Gasteiger partial charge in [-0.2, -0.15) is 0 Å². The van der Waals surface area contributed by atoms with E-state index in [1.54, 1.807) is 18.2 Å². The summed E-state index contributed by atoms with van der Waals surface area (Å²) in [5, 5.41) is 2.92. The number of fused-ring (bicyclic) bond motifs is 1. The number of anilines is 1. The summed E-state index contributed by atoms with van der Waals surface area (Å²) in [6.07, 6.45) is 2.80. The first-order valence-corrected chi connectivity index (χ1v) is 11.4. The Morgan fingerprint density at radius 2 is 1.79 bits per heavy atom. The molecule has 1 amide bonds. The van der Waals surface area contributed by atoms with Crippen molar-refractivity contribution in [2.45, 2.75) is 51.0 Å². The van der Waals surface area contributed by atoms with Gasteiger partial charge in [0.1, 0.15) is 11.9 Å². The summed E-state index contributed by atoms with van der Waals surface area (Å²) < 4.78 is 27.2. The molecule has 0 radical (unpaired) electrons. The molecule has 0 aliphatic carbocycles. The predicted octanol–water partition coefficient (Wildman–Crippen LogP) is 3.73. The van der Waals surface area contributed by atoms with E-state index in [9.17, 15) is 13.2 Å². The van der Waals surface area contributed by atoms with Crippen LogP contribution in [0.4, 0.5) is 5.69 Å². The molecule has 2 atom stereocenters. The Hall–Kier alpha value is -2.67. The Morgan fingerprint density at radius 3 is 2.45 bits per heavy atom. The van der Waals surface area contributed by atoms with Gasteiger partial charge in [-0.15, -0.1) is 0 Å². The number of hydrogen-bond donors (Lipinski definition) is 2. The molecule has 0 saturated heterocycles. The van der Waals surface area contributed by atoms with Crippen LogP contribution in [0.1, 0.15) is 44.7 Å². The molecular formula is C22H27N3O3S. The molecule has 0 spiro atoms. The van der Waals surface area contributed by atoms with Crippen LogP contribution in [0.25, 0.3) is 0 Å². The normalized spacial score (nSPS) is 18.0. The van der Waals surface area contributed by atoms with Crippen molar-refractivity contribution < 1.29 is 13.2 Å². The van der Waals surface area contributed by atoms with Gasteiger partial charge in [-0.1, -0.05) is 57.9 Å². The van der Waals surface area contributed by atoms with E-state index in [0.717, 1.165) is 19.3 Å². The van der Waals surface area contributed by atoms with Crippen molar-refractivity contribution in [2.75, 3.05) is 5.32 Å². The van der Waals surface area contributed by atoms with Gasteiger partial charge in [-0.3, -0.25) is 14.5 Å². The fourth-order valence-electron chi connectivity index (χ4n) is 3.30. The molecule has 3 rings (SSSR count). The van der Waals surface area contributed by atoms with E-state index in [1.165, 1.54) is 11.6 Å². The third-order valence-corrected chi connectivity index (χ3v) is 6.54. The van der Waals surface area contributed by atoms with E-state index in [-0.39, 0.29) is 22.6 Å². The summed E-state index contributed by atoms with van der Waals surface area (Å²) in [5.41, 5.74) is 2.43. The van der Waals surface area contributed by atoms with Gasteiger partial charge in [-0.05, 0) is 42.2 Å². The minimum atomic E-state index is -3.64. The van der Waals surface area contributed by atoms with Crippen molar-refractivity contribution in [3.05, 3.63) is 59.7 Å². The molecule has 0 saturated carbocycles. The van der Waals surface area contributed by atoms with Crippen molar-refractivity contribution in [1.82, 2.24) is 4.72 Å². The van der Waals surface area contributed by atoms with Crippen LogP contribution in [-0.2, 0) is 21.2 Å². The first kappa shape index (κ1) is 21.0. The van der Waals surface area contributed by atoms with Gasteiger partial charge >= 0.3 is 0 Å². The lowest BCUT2D eigenvalue weighted by atomic mass is 9.98. The number of hydrogen-bond acceptors (Lipinski definition) is 4. The summed E-state index contributed by atoms with van der Waals surface area (Å²) in [6.45, 7) is 6.05.